The lowest BCUT2D eigenvalue weighted by Crippen LogP contribution is -2.21. The Morgan fingerprint density at radius 3 is 1.42 bits per heavy atom. The van der Waals surface area contributed by atoms with E-state index in [1.807, 2.05) is 48.6 Å². The number of anilines is 6. The summed E-state index contributed by atoms with van der Waals surface area (Å²) < 4.78 is 11.7. The average molecular weight is 819 g/mol. The van der Waals surface area contributed by atoms with E-state index in [0.29, 0.717) is 48.0 Å². The first kappa shape index (κ1) is 39.7. The summed E-state index contributed by atoms with van der Waals surface area (Å²) in [4.78, 5) is 31.1. The van der Waals surface area contributed by atoms with Gasteiger partial charge in [0.15, 0.2) is 0 Å². The maximum Gasteiger partial charge on any atom is 0.229 e. The molecule has 12 nitrogen and oxygen atoms in total. The minimum absolute atomic E-state index is 0.265. The largest absolute Gasteiger partial charge is 0.500 e. The molecule has 62 heavy (non-hydrogen) atoms. The van der Waals surface area contributed by atoms with Crippen LogP contribution in [0, 0.1) is 13.1 Å². The number of likely N-dealkylation sites (N-methyl/N-ethyl adjacent to an activating group) is 2. The van der Waals surface area contributed by atoms with Crippen molar-refractivity contribution < 1.29 is 9.47 Å². The molecule has 0 spiro atoms. The molecule has 308 valence electrons. The highest BCUT2D eigenvalue weighted by Crippen LogP contribution is 2.43. The maximum absolute atomic E-state index is 7.39. The Morgan fingerprint density at radius 1 is 0.565 bits per heavy atom. The van der Waals surface area contributed by atoms with Crippen LogP contribution in [0.25, 0.3) is 9.69 Å². The summed E-state index contributed by atoms with van der Waals surface area (Å²) in [5.41, 5.74) is 9.80. The SMILES string of the molecule is [C-]#[N+]c1ccc2cc1OC/C=C/CN(C)c1nc(nc3c1CCC3c1ccccc1)N2.[C-]#[N+]c1ccc2cc1OC/C=C\CN(C)c1nc(nc3c1CCC3c1ccccc1)N2. The van der Waals surface area contributed by atoms with Crippen molar-refractivity contribution in [2.45, 2.75) is 37.5 Å². The van der Waals surface area contributed by atoms with Gasteiger partial charge in [0, 0.05) is 61.5 Å². The molecule has 4 heterocycles. The van der Waals surface area contributed by atoms with Gasteiger partial charge in [0.05, 0.1) is 24.5 Å². The van der Waals surface area contributed by atoms with E-state index in [2.05, 4.69) is 105 Å². The van der Waals surface area contributed by atoms with Crippen LogP contribution in [0.1, 0.15) is 58.3 Å². The summed E-state index contributed by atoms with van der Waals surface area (Å²) in [5, 5.41) is 6.69. The number of rotatable bonds is 2. The lowest BCUT2D eigenvalue weighted by atomic mass is 9.97. The predicted octanol–water partition coefficient (Wildman–Crippen LogP) is 10.5. The van der Waals surface area contributed by atoms with Crippen LogP contribution in [0.3, 0.4) is 0 Å². The highest BCUT2D eigenvalue weighted by molar-refractivity contribution is 5.70. The predicted molar refractivity (Wildman–Crippen MR) is 245 cm³/mol. The third-order valence-corrected chi connectivity index (χ3v) is 11.6. The van der Waals surface area contributed by atoms with E-state index < -0.39 is 0 Å². The van der Waals surface area contributed by atoms with Gasteiger partial charge in [0.25, 0.3) is 0 Å². The van der Waals surface area contributed by atoms with Crippen molar-refractivity contribution in [2.75, 3.05) is 60.8 Å². The van der Waals surface area contributed by atoms with Gasteiger partial charge in [-0.3, -0.25) is 0 Å². The standard InChI is InChI=1S/2C25H23N5O/c2*1-26-21-13-10-18-16-22(21)31-15-7-6-14-30(2)24-20-12-11-19(17-8-4-3-5-9-17)23(20)28-25(27-18)29-24/h2*3-10,13,16,19H,11-12,14-15H2,2H3,(H,27,28,29)/b7-6+;7-6-. The summed E-state index contributed by atoms with van der Waals surface area (Å²) in [5.74, 6) is 4.70. The van der Waals surface area contributed by atoms with Gasteiger partial charge in [0.1, 0.15) is 36.3 Å². The second-order valence-electron chi connectivity index (χ2n) is 15.6. The van der Waals surface area contributed by atoms with Crippen LogP contribution >= 0.6 is 0 Å². The third-order valence-electron chi connectivity index (χ3n) is 11.6. The third kappa shape index (κ3) is 8.36. The van der Waals surface area contributed by atoms with E-state index in [-0.39, 0.29) is 11.8 Å². The smallest absolute Gasteiger partial charge is 0.229 e. The van der Waals surface area contributed by atoms with Crippen molar-refractivity contribution in [2.24, 2.45) is 0 Å². The molecule has 0 amide bonds. The van der Waals surface area contributed by atoms with Gasteiger partial charge in [-0.2, -0.15) is 9.97 Å². The first-order chi connectivity index (χ1) is 30.4. The number of ether oxygens (including phenoxy) is 2. The molecular weight excluding hydrogens is 773 g/mol. The number of hydrogen-bond donors (Lipinski definition) is 2. The molecule has 6 aromatic rings. The fraction of sp³-hybridized carbons (Fsp3) is 0.240. The summed E-state index contributed by atoms with van der Waals surface area (Å²) in [7, 11) is 4.12. The molecular formula is C50H46N10O2. The van der Waals surface area contributed by atoms with Crippen LogP contribution in [0.15, 0.2) is 121 Å². The Bertz CT molecular complexity index is 2550. The Kier molecular flexibility index (Phi) is 11.5. The number of aromatic nitrogens is 4. The zero-order chi connectivity index (χ0) is 42.4. The monoisotopic (exact) mass is 818 g/mol. The molecule has 0 saturated carbocycles. The highest BCUT2D eigenvalue weighted by atomic mass is 16.5. The Hall–Kier alpha value is -7.70. The normalized spacial score (nSPS) is 18.3. The van der Waals surface area contributed by atoms with E-state index in [4.69, 9.17) is 42.6 Å². The molecule has 2 unspecified atom stereocenters. The summed E-state index contributed by atoms with van der Waals surface area (Å²) in [6.07, 6.45) is 12.1. The average Bonchev–Trinajstić information content (AvgIpc) is 3.94. The van der Waals surface area contributed by atoms with E-state index >= 15 is 0 Å². The Labute approximate surface area is 362 Å². The van der Waals surface area contributed by atoms with Crippen molar-refractivity contribution in [3.05, 3.63) is 178 Å². The lowest BCUT2D eigenvalue weighted by molar-refractivity contribution is 0.365. The number of benzene rings is 4. The van der Waals surface area contributed by atoms with E-state index in [9.17, 15) is 0 Å². The van der Waals surface area contributed by atoms with Crippen molar-refractivity contribution in [3.63, 3.8) is 0 Å². The van der Waals surface area contributed by atoms with E-state index in [1.54, 1.807) is 12.1 Å². The lowest BCUT2D eigenvalue weighted by Gasteiger charge is -2.21. The zero-order valence-corrected chi connectivity index (χ0v) is 34.8. The Morgan fingerprint density at radius 2 is 1.00 bits per heavy atom. The summed E-state index contributed by atoms with van der Waals surface area (Å²) >= 11 is 0. The zero-order valence-electron chi connectivity index (χ0n) is 34.8. The van der Waals surface area contributed by atoms with Gasteiger partial charge < -0.3 is 29.9 Å². The van der Waals surface area contributed by atoms with Crippen molar-refractivity contribution in [1.82, 2.24) is 19.9 Å². The van der Waals surface area contributed by atoms with Crippen molar-refractivity contribution in [3.8, 4) is 11.5 Å². The molecule has 4 aromatic carbocycles. The number of nitrogens with zero attached hydrogens (tertiary/aromatic N) is 8. The van der Waals surface area contributed by atoms with Gasteiger partial charge in [-0.15, -0.1) is 0 Å². The van der Waals surface area contributed by atoms with Crippen LogP contribution in [0.4, 0.5) is 46.3 Å². The van der Waals surface area contributed by atoms with E-state index in [1.165, 1.54) is 22.3 Å². The summed E-state index contributed by atoms with van der Waals surface area (Å²) in [6.45, 7) is 17.0. The van der Waals surface area contributed by atoms with Gasteiger partial charge in [-0.1, -0.05) is 84.9 Å². The second kappa shape index (κ2) is 17.9. The van der Waals surface area contributed by atoms with Crippen molar-refractivity contribution >= 4 is 46.3 Å². The quantitative estimate of drug-likeness (QED) is 0.129. The molecule has 0 radical (unpaired) electrons. The van der Waals surface area contributed by atoms with Crippen LogP contribution in [0.2, 0.25) is 0 Å². The van der Waals surface area contributed by atoms with Gasteiger partial charge >= 0.3 is 0 Å². The molecule has 0 fully saturated rings. The molecule has 2 aliphatic carbocycles. The topological polar surface area (TPSA) is 109 Å². The minimum atomic E-state index is 0.265. The fourth-order valence-corrected chi connectivity index (χ4v) is 8.56. The highest BCUT2D eigenvalue weighted by Gasteiger charge is 2.32. The fourth-order valence-electron chi connectivity index (χ4n) is 8.56. The summed E-state index contributed by atoms with van der Waals surface area (Å²) in [6, 6.07) is 32.1. The van der Waals surface area contributed by atoms with Crippen molar-refractivity contribution in [1.29, 1.82) is 0 Å². The molecule has 2 aliphatic heterocycles. The molecule has 10 rings (SSSR count). The second-order valence-corrected chi connectivity index (χ2v) is 15.6. The molecule has 12 heteroatoms. The van der Waals surface area contributed by atoms with Crippen LogP contribution in [-0.2, 0) is 12.8 Å². The first-order valence-corrected chi connectivity index (χ1v) is 20.9. The molecule has 4 aliphatic rings. The van der Waals surface area contributed by atoms with Gasteiger partial charge in [0.2, 0.25) is 23.3 Å². The molecule has 2 atom stereocenters. The van der Waals surface area contributed by atoms with Gasteiger partial charge in [-0.25, -0.2) is 19.7 Å². The minimum Gasteiger partial charge on any atom is -0.500 e. The van der Waals surface area contributed by atoms with Crippen LogP contribution < -0.4 is 29.9 Å². The number of nitrogens with one attached hydrogen (secondary N) is 2. The van der Waals surface area contributed by atoms with Crippen LogP contribution in [-0.4, -0.2) is 60.3 Å². The first-order valence-electron chi connectivity index (χ1n) is 20.9. The molecule has 8 bridgehead atoms. The van der Waals surface area contributed by atoms with Gasteiger partial charge in [-0.05, 0) is 73.2 Å². The molecule has 0 saturated heterocycles. The maximum atomic E-state index is 7.39. The molecule has 2 aromatic heterocycles. The Balaban J connectivity index is 0.000000158. The number of fused-ring (bicyclic) bond motifs is 12. The number of hydrogen-bond acceptors (Lipinski definition) is 10. The molecule has 2 N–H and O–H groups in total. The van der Waals surface area contributed by atoms with E-state index in [0.717, 1.165) is 73.2 Å². The van der Waals surface area contributed by atoms with Crippen LogP contribution in [0.5, 0.6) is 11.5 Å².